The Hall–Kier alpha value is -1.07. The van der Waals surface area contributed by atoms with Crippen LogP contribution in [-0.4, -0.2) is 19.2 Å². The normalized spacial score (nSPS) is 10.2. The average Bonchev–Trinajstić information content (AvgIpc) is 2.77. The van der Waals surface area contributed by atoms with Crippen molar-refractivity contribution in [2.75, 3.05) is 14.2 Å². The second kappa shape index (κ2) is 4.84. The Morgan fingerprint density at radius 2 is 2.06 bits per heavy atom. The lowest BCUT2D eigenvalue weighted by Crippen LogP contribution is -1.88. The maximum atomic E-state index is 5.30. The minimum atomic E-state index is 0.650. The van der Waals surface area contributed by atoms with E-state index in [1.54, 1.807) is 14.2 Å². The summed E-state index contributed by atoms with van der Waals surface area (Å²) in [6.07, 6.45) is 0. The van der Waals surface area contributed by atoms with E-state index < -0.39 is 0 Å². The van der Waals surface area contributed by atoms with Gasteiger partial charge in [0.15, 0.2) is 0 Å². The number of halogens is 1. The molecule has 0 aliphatic carbocycles. The molecule has 0 saturated heterocycles. The Kier molecular flexibility index (Phi) is 3.46. The predicted molar refractivity (Wildman–Crippen MR) is 68.4 cm³/mol. The quantitative estimate of drug-likeness (QED) is 0.868. The van der Waals surface area contributed by atoms with Gasteiger partial charge in [-0.25, -0.2) is 4.98 Å². The Balaban J connectivity index is 2.49. The maximum absolute atomic E-state index is 5.30. The minimum absolute atomic E-state index is 0.650. The van der Waals surface area contributed by atoms with Crippen molar-refractivity contribution >= 4 is 27.3 Å². The molecule has 1 aromatic carbocycles. The fraction of sp³-hybridized carbons (Fsp3) is 0.182. The van der Waals surface area contributed by atoms with Gasteiger partial charge in [-0.3, -0.25) is 0 Å². The number of methoxy groups -OCH3 is 2. The standard InChI is InChI=1S/C11H10BrNO2S/c1-14-10-4-3-7(12)5-8(10)9-6-16-11(13-9)15-2/h3-6H,1-2H3. The van der Waals surface area contributed by atoms with Crippen molar-refractivity contribution in [1.82, 2.24) is 4.98 Å². The zero-order chi connectivity index (χ0) is 11.5. The van der Waals surface area contributed by atoms with E-state index in [9.17, 15) is 0 Å². The number of hydrogen-bond acceptors (Lipinski definition) is 4. The van der Waals surface area contributed by atoms with Crippen LogP contribution in [0.15, 0.2) is 28.1 Å². The van der Waals surface area contributed by atoms with E-state index in [1.165, 1.54) is 11.3 Å². The molecule has 0 aliphatic rings. The van der Waals surface area contributed by atoms with Crippen LogP contribution >= 0.6 is 27.3 Å². The lowest BCUT2D eigenvalue weighted by molar-refractivity contribution is 0.411. The Morgan fingerprint density at radius 1 is 1.25 bits per heavy atom. The summed E-state index contributed by atoms with van der Waals surface area (Å²) in [5.41, 5.74) is 1.82. The summed E-state index contributed by atoms with van der Waals surface area (Å²) >= 11 is 4.90. The molecule has 16 heavy (non-hydrogen) atoms. The molecule has 0 atom stereocenters. The number of hydrogen-bond donors (Lipinski definition) is 0. The lowest BCUT2D eigenvalue weighted by Gasteiger charge is -2.06. The molecule has 0 bridgehead atoms. The molecule has 2 rings (SSSR count). The van der Waals surface area contributed by atoms with E-state index in [4.69, 9.17) is 9.47 Å². The van der Waals surface area contributed by atoms with Crippen molar-refractivity contribution in [3.8, 4) is 22.2 Å². The fourth-order valence-corrected chi connectivity index (χ4v) is 2.36. The highest BCUT2D eigenvalue weighted by Crippen LogP contribution is 2.34. The first-order valence-electron chi connectivity index (χ1n) is 4.58. The van der Waals surface area contributed by atoms with Crippen LogP contribution < -0.4 is 9.47 Å². The van der Waals surface area contributed by atoms with Gasteiger partial charge in [-0.2, -0.15) is 0 Å². The van der Waals surface area contributed by atoms with Gasteiger partial charge in [-0.1, -0.05) is 27.3 Å². The third-order valence-electron chi connectivity index (χ3n) is 2.10. The SMILES string of the molecule is COc1nc(-c2cc(Br)ccc2OC)cs1. The molecule has 0 radical (unpaired) electrons. The fourth-order valence-electron chi connectivity index (χ4n) is 1.36. The third kappa shape index (κ3) is 2.20. The Morgan fingerprint density at radius 3 is 2.69 bits per heavy atom. The van der Waals surface area contributed by atoms with Crippen LogP contribution in [0, 0.1) is 0 Å². The number of benzene rings is 1. The number of thiazole rings is 1. The summed E-state index contributed by atoms with van der Waals surface area (Å²) in [5, 5.41) is 2.60. The molecule has 0 N–H and O–H groups in total. The molecule has 0 saturated carbocycles. The highest BCUT2D eigenvalue weighted by Gasteiger charge is 2.10. The third-order valence-corrected chi connectivity index (χ3v) is 3.39. The molecule has 1 heterocycles. The van der Waals surface area contributed by atoms with Gasteiger partial charge in [0.1, 0.15) is 5.75 Å². The Labute approximate surface area is 106 Å². The summed E-state index contributed by atoms with van der Waals surface area (Å²) < 4.78 is 11.4. The monoisotopic (exact) mass is 299 g/mol. The second-order valence-electron chi connectivity index (χ2n) is 3.05. The first-order valence-corrected chi connectivity index (χ1v) is 6.25. The van der Waals surface area contributed by atoms with Crippen LogP contribution in [0.2, 0.25) is 0 Å². The smallest absolute Gasteiger partial charge is 0.273 e. The van der Waals surface area contributed by atoms with E-state index >= 15 is 0 Å². The largest absolute Gasteiger partial charge is 0.496 e. The van der Waals surface area contributed by atoms with Crippen LogP contribution in [0.4, 0.5) is 0 Å². The van der Waals surface area contributed by atoms with Crippen LogP contribution in [0.5, 0.6) is 10.9 Å². The van der Waals surface area contributed by atoms with Crippen molar-refractivity contribution in [3.05, 3.63) is 28.1 Å². The molecule has 5 heteroatoms. The van der Waals surface area contributed by atoms with E-state index in [1.807, 2.05) is 23.6 Å². The lowest BCUT2D eigenvalue weighted by atomic mass is 10.1. The summed E-state index contributed by atoms with van der Waals surface area (Å²) in [7, 11) is 3.26. The summed E-state index contributed by atoms with van der Waals surface area (Å²) in [4.78, 5) is 4.34. The maximum Gasteiger partial charge on any atom is 0.273 e. The van der Waals surface area contributed by atoms with Gasteiger partial charge < -0.3 is 9.47 Å². The van der Waals surface area contributed by atoms with Crippen LogP contribution in [-0.2, 0) is 0 Å². The van der Waals surface area contributed by atoms with E-state index in [0.717, 1.165) is 21.5 Å². The second-order valence-corrected chi connectivity index (χ2v) is 4.78. The summed E-state index contributed by atoms with van der Waals surface area (Å²) in [6.45, 7) is 0. The molecule has 84 valence electrons. The molecule has 0 spiro atoms. The van der Waals surface area contributed by atoms with Gasteiger partial charge in [0.2, 0.25) is 0 Å². The molecular weight excluding hydrogens is 290 g/mol. The summed E-state index contributed by atoms with van der Waals surface area (Å²) in [5.74, 6) is 0.802. The Bertz CT molecular complexity index is 498. The molecule has 3 nitrogen and oxygen atoms in total. The van der Waals surface area contributed by atoms with Gasteiger partial charge >= 0.3 is 0 Å². The van der Waals surface area contributed by atoms with E-state index in [-0.39, 0.29) is 0 Å². The average molecular weight is 300 g/mol. The first-order chi connectivity index (χ1) is 7.74. The predicted octanol–water partition coefficient (Wildman–Crippen LogP) is 3.59. The molecule has 0 fully saturated rings. The van der Waals surface area contributed by atoms with Gasteiger partial charge in [0.25, 0.3) is 5.19 Å². The van der Waals surface area contributed by atoms with Crippen molar-refractivity contribution in [2.24, 2.45) is 0 Å². The molecule has 1 aromatic heterocycles. The van der Waals surface area contributed by atoms with Gasteiger partial charge in [-0.05, 0) is 18.2 Å². The van der Waals surface area contributed by atoms with Crippen LogP contribution in [0.3, 0.4) is 0 Å². The topological polar surface area (TPSA) is 31.4 Å². The van der Waals surface area contributed by atoms with Crippen molar-refractivity contribution in [3.63, 3.8) is 0 Å². The van der Waals surface area contributed by atoms with Gasteiger partial charge in [0, 0.05) is 15.4 Å². The number of ether oxygens (including phenoxy) is 2. The number of rotatable bonds is 3. The van der Waals surface area contributed by atoms with E-state index in [2.05, 4.69) is 20.9 Å². The summed E-state index contributed by atoms with van der Waals surface area (Å²) in [6, 6.07) is 5.82. The molecule has 2 aromatic rings. The van der Waals surface area contributed by atoms with Crippen molar-refractivity contribution < 1.29 is 9.47 Å². The van der Waals surface area contributed by atoms with E-state index in [0.29, 0.717) is 5.19 Å². The number of aromatic nitrogens is 1. The van der Waals surface area contributed by atoms with Gasteiger partial charge in [0.05, 0.1) is 19.9 Å². The van der Waals surface area contributed by atoms with Crippen LogP contribution in [0.25, 0.3) is 11.3 Å². The molecular formula is C11H10BrNO2S. The minimum Gasteiger partial charge on any atom is -0.496 e. The van der Waals surface area contributed by atoms with Crippen molar-refractivity contribution in [1.29, 1.82) is 0 Å². The highest BCUT2D eigenvalue weighted by molar-refractivity contribution is 9.10. The van der Waals surface area contributed by atoms with Gasteiger partial charge in [-0.15, -0.1) is 0 Å². The molecule has 0 aliphatic heterocycles. The molecule has 0 amide bonds. The first kappa shape index (κ1) is 11.4. The number of nitrogens with zero attached hydrogens (tertiary/aromatic N) is 1. The highest BCUT2D eigenvalue weighted by atomic mass is 79.9. The zero-order valence-corrected chi connectivity index (χ0v) is 11.3. The van der Waals surface area contributed by atoms with Crippen LogP contribution in [0.1, 0.15) is 0 Å². The van der Waals surface area contributed by atoms with Crippen molar-refractivity contribution in [2.45, 2.75) is 0 Å². The zero-order valence-electron chi connectivity index (χ0n) is 8.86. The molecule has 0 unspecified atom stereocenters.